The normalized spacial score (nSPS) is 28.2. The maximum Gasteiger partial charge on any atom is 0.220 e. The van der Waals surface area contributed by atoms with Crippen LogP contribution in [0.25, 0.3) is 0 Å². The molecule has 2 fully saturated rings. The van der Waals surface area contributed by atoms with Crippen LogP contribution < -0.4 is 16.4 Å². The van der Waals surface area contributed by atoms with Gasteiger partial charge < -0.3 is 16.4 Å². The third kappa shape index (κ3) is 5.04. The molecule has 1 heterocycles. The summed E-state index contributed by atoms with van der Waals surface area (Å²) >= 11 is 0. The van der Waals surface area contributed by atoms with Crippen molar-refractivity contribution in [3.63, 3.8) is 0 Å². The molecule has 1 saturated heterocycles. The van der Waals surface area contributed by atoms with Gasteiger partial charge >= 0.3 is 0 Å². The summed E-state index contributed by atoms with van der Waals surface area (Å²) in [5.41, 5.74) is 5.44. The van der Waals surface area contributed by atoms with Gasteiger partial charge in [0.05, 0.1) is 0 Å². The number of unbranched alkanes of at least 4 members (excludes halogenated alkanes) is 1. The Morgan fingerprint density at radius 1 is 1.15 bits per heavy atom. The van der Waals surface area contributed by atoms with Crippen molar-refractivity contribution in [3.8, 4) is 0 Å². The molecule has 5 nitrogen and oxygen atoms in total. The van der Waals surface area contributed by atoms with Gasteiger partial charge in [-0.25, -0.2) is 0 Å². The van der Waals surface area contributed by atoms with Gasteiger partial charge in [-0.2, -0.15) is 0 Å². The van der Waals surface area contributed by atoms with Gasteiger partial charge in [0.2, 0.25) is 5.91 Å². The molecule has 20 heavy (non-hydrogen) atoms. The topological polar surface area (TPSA) is 70.4 Å². The molecule has 4 N–H and O–H groups in total. The second-order valence-corrected chi connectivity index (χ2v) is 6.10. The molecule has 2 rings (SSSR count). The first kappa shape index (κ1) is 15.7. The van der Waals surface area contributed by atoms with E-state index in [2.05, 4.69) is 15.5 Å². The SMILES string of the molecule is NCCCCC(=O)NC1CCC(N2CCNCC2)CC1. The number of piperazine rings is 1. The molecule has 0 spiro atoms. The zero-order valence-corrected chi connectivity index (χ0v) is 12.6. The summed E-state index contributed by atoms with van der Waals surface area (Å²) in [6.45, 7) is 5.29. The number of hydrogen-bond acceptors (Lipinski definition) is 4. The van der Waals surface area contributed by atoms with Crippen LogP contribution in [0.5, 0.6) is 0 Å². The fourth-order valence-corrected chi connectivity index (χ4v) is 3.36. The zero-order valence-electron chi connectivity index (χ0n) is 12.6. The first-order valence-electron chi connectivity index (χ1n) is 8.24. The van der Waals surface area contributed by atoms with Crippen molar-refractivity contribution in [1.29, 1.82) is 0 Å². The van der Waals surface area contributed by atoms with E-state index in [0.717, 1.165) is 44.8 Å². The number of amides is 1. The number of hydrogen-bond donors (Lipinski definition) is 3. The second kappa shape index (κ2) is 8.60. The number of carbonyl (C=O) groups excluding carboxylic acids is 1. The molecular weight excluding hydrogens is 252 g/mol. The Hall–Kier alpha value is -0.650. The highest BCUT2D eigenvalue weighted by Gasteiger charge is 2.27. The molecule has 0 atom stereocenters. The van der Waals surface area contributed by atoms with Crippen LogP contribution in [0.4, 0.5) is 0 Å². The van der Waals surface area contributed by atoms with Gasteiger partial charge in [-0.1, -0.05) is 0 Å². The zero-order chi connectivity index (χ0) is 14.2. The summed E-state index contributed by atoms with van der Waals surface area (Å²) in [6.07, 6.45) is 7.23. The van der Waals surface area contributed by atoms with Crippen LogP contribution in [0.2, 0.25) is 0 Å². The van der Waals surface area contributed by atoms with Crippen molar-refractivity contribution in [2.45, 2.75) is 57.0 Å². The number of nitrogens with one attached hydrogen (secondary N) is 2. The average Bonchev–Trinajstić information content (AvgIpc) is 2.49. The third-order valence-corrected chi connectivity index (χ3v) is 4.59. The van der Waals surface area contributed by atoms with Crippen molar-refractivity contribution in [3.05, 3.63) is 0 Å². The number of nitrogens with zero attached hydrogens (tertiary/aromatic N) is 1. The molecular formula is C15H30N4O. The van der Waals surface area contributed by atoms with Gasteiger partial charge in [-0.15, -0.1) is 0 Å². The minimum absolute atomic E-state index is 0.212. The molecule has 2 aliphatic rings. The van der Waals surface area contributed by atoms with Crippen molar-refractivity contribution in [1.82, 2.24) is 15.5 Å². The lowest BCUT2D eigenvalue weighted by atomic mass is 9.89. The summed E-state index contributed by atoms with van der Waals surface area (Å²) < 4.78 is 0. The Balaban J connectivity index is 1.62. The van der Waals surface area contributed by atoms with E-state index in [4.69, 9.17) is 5.73 Å². The lowest BCUT2D eigenvalue weighted by Gasteiger charge is -2.39. The Labute approximate surface area is 122 Å². The van der Waals surface area contributed by atoms with Gasteiger partial charge in [0.25, 0.3) is 0 Å². The molecule has 1 aliphatic heterocycles. The van der Waals surface area contributed by atoms with Crippen LogP contribution in [0.1, 0.15) is 44.9 Å². The van der Waals surface area contributed by atoms with E-state index in [1.165, 1.54) is 25.9 Å². The predicted octanol–water partition coefficient (Wildman–Crippen LogP) is 0.448. The van der Waals surface area contributed by atoms with E-state index in [1.807, 2.05) is 0 Å². The Morgan fingerprint density at radius 3 is 2.50 bits per heavy atom. The summed E-state index contributed by atoms with van der Waals surface area (Å²) in [4.78, 5) is 14.4. The Bertz CT molecular complexity index is 284. The minimum atomic E-state index is 0.212. The van der Waals surface area contributed by atoms with Gasteiger partial charge in [0, 0.05) is 44.7 Å². The molecule has 0 bridgehead atoms. The molecule has 1 amide bonds. The van der Waals surface area contributed by atoms with Crippen LogP contribution in [0.15, 0.2) is 0 Å². The molecule has 0 aromatic rings. The van der Waals surface area contributed by atoms with Crippen molar-refractivity contribution in [2.24, 2.45) is 5.73 Å². The largest absolute Gasteiger partial charge is 0.353 e. The van der Waals surface area contributed by atoms with Crippen LogP contribution >= 0.6 is 0 Å². The molecule has 1 aliphatic carbocycles. The quantitative estimate of drug-likeness (QED) is 0.619. The number of rotatable bonds is 6. The fraction of sp³-hybridized carbons (Fsp3) is 0.933. The van der Waals surface area contributed by atoms with Gasteiger partial charge in [0.15, 0.2) is 0 Å². The lowest BCUT2D eigenvalue weighted by Crippen LogP contribution is -2.50. The third-order valence-electron chi connectivity index (χ3n) is 4.59. The molecule has 116 valence electrons. The molecule has 0 aromatic carbocycles. The van der Waals surface area contributed by atoms with Gasteiger partial charge in [-0.05, 0) is 45.1 Å². The highest BCUT2D eigenvalue weighted by atomic mass is 16.1. The summed E-state index contributed by atoms with van der Waals surface area (Å²) in [5, 5.41) is 6.60. The standard InChI is InChI=1S/C15H30N4O/c16-8-2-1-3-15(20)18-13-4-6-14(7-5-13)19-11-9-17-10-12-19/h13-14,17H,1-12,16H2,(H,18,20). The predicted molar refractivity (Wildman–Crippen MR) is 81.5 cm³/mol. The Morgan fingerprint density at radius 2 is 1.85 bits per heavy atom. The first-order valence-corrected chi connectivity index (χ1v) is 8.24. The van der Waals surface area contributed by atoms with E-state index < -0.39 is 0 Å². The second-order valence-electron chi connectivity index (χ2n) is 6.10. The lowest BCUT2D eigenvalue weighted by molar-refractivity contribution is -0.122. The highest BCUT2D eigenvalue weighted by molar-refractivity contribution is 5.76. The molecule has 0 radical (unpaired) electrons. The van der Waals surface area contributed by atoms with E-state index in [1.54, 1.807) is 0 Å². The van der Waals surface area contributed by atoms with Gasteiger partial charge in [0.1, 0.15) is 0 Å². The van der Waals surface area contributed by atoms with Gasteiger partial charge in [-0.3, -0.25) is 9.69 Å². The monoisotopic (exact) mass is 282 g/mol. The van der Waals surface area contributed by atoms with E-state index in [9.17, 15) is 4.79 Å². The van der Waals surface area contributed by atoms with Crippen molar-refractivity contribution < 1.29 is 4.79 Å². The van der Waals surface area contributed by atoms with Crippen LogP contribution in [0, 0.1) is 0 Å². The Kier molecular flexibility index (Phi) is 6.76. The van der Waals surface area contributed by atoms with E-state index >= 15 is 0 Å². The van der Waals surface area contributed by atoms with Crippen LogP contribution in [0.3, 0.4) is 0 Å². The highest BCUT2D eigenvalue weighted by Crippen LogP contribution is 2.23. The summed E-state index contributed by atoms with van der Waals surface area (Å²) in [5.74, 6) is 0.212. The molecule has 0 aromatic heterocycles. The summed E-state index contributed by atoms with van der Waals surface area (Å²) in [7, 11) is 0. The van der Waals surface area contributed by atoms with Crippen LogP contribution in [-0.2, 0) is 4.79 Å². The minimum Gasteiger partial charge on any atom is -0.353 e. The van der Waals surface area contributed by atoms with Crippen molar-refractivity contribution in [2.75, 3.05) is 32.7 Å². The fourth-order valence-electron chi connectivity index (χ4n) is 3.36. The first-order chi connectivity index (χ1) is 9.79. The van der Waals surface area contributed by atoms with E-state index in [-0.39, 0.29) is 5.91 Å². The van der Waals surface area contributed by atoms with E-state index in [0.29, 0.717) is 19.0 Å². The molecule has 5 heteroatoms. The maximum atomic E-state index is 11.8. The summed E-state index contributed by atoms with van der Waals surface area (Å²) in [6, 6.07) is 1.14. The molecule has 0 unspecified atom stereocenters. The number of nitrogens with two attached hydrogens (primary N) is 1. The molecule has 1 saturated carbocycles. The smallest absolute Gasteiger partial charge is 0.220 e. The average molecular weight is 282 g/mol. The number of carbonyl (C=O) groups is 1. The maximum absolute atomic E-state index is 11.8. The van der Waals surface area contributed by atoms with Crippen LogP contribution in [-0.4, -0.2) is 55.6 Å². The van der Waals surface area contributed by atoms with Crippen molar-refractivity contribution >= 4 is 5.91 Å².